The minimum atomic E-state index is 0.729. The first-order chi connectivity index (χ1) is 8.26. The standard InChI is InChI=1S/C14H12N2O/c1-17-12-5-3-10-6-9-2-4-11(15)7-13(9)16-14(10)8-12/h2-8H,15H2,1H3. The number of nitrogens with two attached hydrogens (primary N) is 1. The zero-order valence-corrected chi connectivity index (χ0v) is 9.47. The molecule has 0 radical (unpaired) electrons. The molecule has 0 fully saturated rings. The Hall–Kier alpha value is -2.29. The molecule has 0 atom stereocenters. The van der Waals surface area contributed by atoms with Crippen molar-refractivity contribution in [2.45, 2.75) is 0 Å². The van der Waals surface area contributed by atoms with Gasteiger partial charge in [0.2, 0.25) is 0 Å². The van der Waals surface area contributed by atoms with Gasteiger partial charge < -0.3 is 10.5 Å². The summed E-state index contributed by atoms with van der Waals surface area (Å²) < 4.78 is 5.19. The van der Waals surface area contributed by atoms with Gasteiger partial charge in [-0.3, -0.25) is 0 Å². The third kappa shape index (κ3) is 1.65. The van der Waals surface area contributed by atoms with Gasteiger partial charge in [-0.2, -0.15) is 0 Å². The maximum Gasteiger partial charge on any atom is 0.121 e. The number of anilines is 1. The highest BCUT2D eigenvalue weighted by molar-refractivity contribution is 5.94. The van der Waals surface area contributed by atoms with Gasteiger partial charge in [-0.15, -0.1) is 0 Å². The van der Waals surface area contributed by atoms with Gasteiger partial charge in [-0.1, -0.05) is 6.07 Å². The molecule has 3 rings (SSSR count). The van der Waals surface area contributed by atoms with Gasteiger partial charge in [-0.05, 0) is 30.3 Å². The monoisotopic (exact) mass is 224 g/mol. The van der Waals surface area contributed by atoms with Gasteiger partial charge in [0.1, 0.15) is 5.75 Å². The van der Waals surface area contributed by atoms with E-state index in [4.69, 9.17) is 10.5 Å². The lowest BCUT2D eigenvalue weighted by Crippen LogP contribution is -1.88. The molecular formula is C14H12N2O. The molecule has 2 N–H and O–H groups in total. The number of methoxy groups -OCH3 is 1. The van der Waals surface area contributed by atoms with E-state index in [1.807, 2.05) is 36.4 Å². The summed E-state index contributed by atoms with van der Waals surface area (Å²) in [6, 6.07) is 13.7. The Bertz CT molecular complexity index is 707. The minimum Gasteiger partial charge on any atom is -0.497 e. The van der Waals surface area contributed by atoms with E-state index in [1.54, 1.807) is 7.11 Å². The van der Waals surface area contributed by atoms with Crippen LogP contribution in [0, 0.1) is 0 Å². The first-order valence-corrected chi connectivity index (χ1v) is 5.40. The Morgan fingerprint density at radius 1 is 0.941 bits per heavy atom. The molecule has 2 aromatic carbocycles. The SMILES string of the molecule is COc1ccc2cc3ccc(N)cc3nc2c1. The van der Waals surface area contributed by atoms with Crippen molar-refractivity contribution < 1.29 is 4.74 Å². The molecule has 0 aliphatic carbocycles. The van der Waals surface area contributed by atoms with Crippen molar-refractivity contribution in [3.63, 3.8) is 0 Å². The molecule has 0 unspecified atom stereocenters. The minimum absolute atomic E-state index is 0.729. The van der Waals surface area contributed by atoms with Crippen LogP contribution in [0.4, 0.5) is 5.69 Å². The number of nitrogen functional groups attached to an aromatic ring is 1. The lowest BCUT2D eigenvalue weighted by atomic mass is 10.1. The molecule has 1 heterocycles. The summed E-state index contributed by atoms with van der Waals surface area (Å²) in [5, 5.41) is 2.19. The third-order valence-electron chi connectivity index (χ3n) is 2.84. The maximum absolute atomic E-state index is 5.76. The quantitative estimate of drug-likeness (QED) is 0.510. The summed E-state index contributed by atoms with van der Waals surface area (Å²) in [5.41, 5.74) is 8.32. The number of aromatic nitrogens is 1. The number of hydrogen-bond acceptors (Lipinski definition) is 3. The summed E-state index contributed by atoms with van der Waals surface area (Å²) in [6.45, 7) is 0. The normalized spacial score (nSPS) is 10.9. The van der Waals surface area contributed by atoms with Crippen LogP contribution in [-0.4, -0.2) is 12.1 Å². The average molecular weight is 224 g/mol. The van der Waals surface area contributed by atoms with Crippen molar-refractivity contribution in [2.75, 3.05) is 12.8 Å². The summed E-state index contributed by atoms with van der Waals surface area (Å²) in [4.78, 5) is 4.59. The van der Waals surface area contributed by atoms with E-state index >= 15 is 0 Å². The largest absolute Gasteiger partial charge is 0.497 e. The molecular weight excluding hydrogens is 212 g/mol. The van der Waals surface area contributed by atoms with E-state index in [2.05, 4.69) is 11.1 Å². The molecule has 0 spiro atoms. The van der Waals surface area contributed by atoms with Crippen LogP contribution in [-0.2, 0) is 0 Å². The molecule has 0 bridgehead atoms. The molecule has 84 valence electrons. The number of rotatable bonds is 1. The summed E-state index contributed by atoms with van der Waals surface area (Å²) in [7, 11) is 1.65. The van der Waals surface area contributed by atoms with Crippen LogP contribution < -0.4 is 10.5 Å². The molecule has 0 aliphatic rings. The van der Waals surface area contributed by atoms with Crippen LogP contribution in [0.5, 0.6) is 5.75 Å². The number of nitrogens with zero attached hydrogens (tertiary/aromatic N) is 1. The summed E-state index contributed by atoms with van der Waals surface area (Å²) in [5.74, 6) is 0.813. The Kier molecular flexibility index (Phi) is 2.11. The molecule has 3 nitrogen and oxygen atoms in total. The molecule has 3 aromatic rings. The number of ether oxygens (including phenoxy) is 1. The number of pyridine rings is 1. The van der Waals surface area contributed by atoms with Crippen LogP contribution in [0.2, 0.25) is 0 Å². The van der Waals surface area contributed by atoms with E-state index < -0.39 is 0 Å². The van der Waals surface area contributed by atoms with E-state index in [9.17, 15) is 0 Å². The van der Waals surface area contributed by atoms with Crippen molar-refractivity contribution >= 4 is 27.5 Å². The first-order valence-electron chi connectivity index (χ1n) is 5.40. The Labute approximate surface area is 98.8 Å². The van der Waals surface area contributed by atoms with Crippen LogP contribution in [0.15, 0.2) is 42.5 Å². The third-order valence-corrected chi connectivity index (χ3v) is 2.84. The first kappa shape index (κ1) is 9.90. The Morgan fingerprint density at radius 3 is 2.41 bits per heavy atom. The molecule has 0 saturated heterocycles. The fourth-order valence-corrected chi connectivity index (χ4v) is 1.95. The molecule has 0 amide bonds. The lowest BCUT2D eigenvalue weighted by molar-refractivity contribution is 0.415. The Balaban J connectivity index is 2.36. The fraction of sp³-hybridized carbons (Fsp3) is 0.0714. The highest BCUT2D eigenvalue weighted by atomic mass is 16.5. The van der Waals surface area contributed by atoms with Gasteiger partial charge in [0, 0.05) is 22.5 Å². The lowest BCUT2D eigenvalue weighted by Gasteiger charge is -2.04. The highest BCUT2D eigenvalue weighted by Crippen LogP contribution is 2.24. The predicted octanol–water partition coefficient (Wildman–Crippen LogP) is 2.98. The van der Waals surface area contributed by atoms with E-state index in [0.717, 1.165) is 33.2 Å². The van der Waals surface area contributed by atoms with E-state index in [0.29, 0.717) is 0 Å². The average Bonchev–Trinajstić information content (AvgIpc) is 2.35. The van der Waals surface area contributed by atoms with Crippen LogP contribution in [0.1, 0.15) is 0 Å². The highest BCUT2D eigenvalue weighted by Gasteiger charge is 2.01. The van der Waals surface area contributed by atoms with Gasteiger partial charge in [-0.25, -0.2) is 4.98 Å². The molecule has 17 heavy (non-hydrogen) atoms. The second kappa shape index (κ2) is 3.63. The predicted molar refractivity (Wildman–Crippen MR) is 70.2 cm³/mol. The van der Waals surface area contributed by atoms with Gasteiger partial charge in [0.05, 0.1) is 18.1 Å². The van der Waals surface area contributed by atoms with Gasteiger partial charge in [0.15, 0.2) is 0 Å². The topological polar surface area (TPSA) is 48.1 Å². The zero-order chi connectivity index (χ0) is 11.8. The second-order valence-corrected chi connectivity index (χ2v) is 4.00. The molecule has 0 saturated carbocycles. The summed E-state index contributed by atoms with van der Waals surface area (Å²) in [6.07, 6.45) is 0. The number of benzene rings is 2. The number of fused-ring (bicyclic) bond motifs is 2. The van der Waals surface area contributed by atoms with Gasteiger partial charge >= 0.3 is 0 Å². The Morgan fingerprint density at radius 2 is 1.65 bits per heavy atom. The van der Waals surface area contributed by atoms with Crippen LogP contribution in [0.25, 0.3) is 21.8 Å². The smallest absolute Gasteiger partial charge is 0.121 e. The van der Waals surface area contributed by atoms with Crippen molar-refractivity contribution in [1.29, 1.82) is 0 Å². The van der Waals surface area contributed by atoms with Gasteiger partial charge in [0.25, 0.3) is 0 Å². The van der Waals surface area contributed by atoms with Crippen LogP contribution in [0.3, 0.4) is 0 Å². The molecule has 3 heteroatoms. The summed E-state index contributed by atoms with van der Waals surface area (Å²) >= 11 is 0. The van der Waals surface area contributed by atoms with Crippen molar-refractivity contribution in [3.05, 3.63) is 42.5 Å². The zero-order valence-electron chi connectivity index (χ0n) is 9.47. The fourth-order valence-electron chi connectivity index (χ4n) is 1.95. The van der Waals surface area contributed by atoms with Crippen LogP contribution >= 0.6 is 0 Å². The number of hydrogen-bond donors (Lipinski definition) is 1. The van der Waals surface area contributed by atoms with Crippen molar-refractivity contribution in [3.8, 4) is 5.75 Å². The van der Waals surface area contributed by atoms with Crippen molar-refractivity contribution in [2.24, 2.45) is 0 Å². The van der Waals surface area contributed by atoms with E-state index in [-0.39, 0.29) is 0 Å². The van der Waals surface area contributed by atoms with Crippen molar-refractivity contribution in [1.82, 2.24) is 4.98 Å². The molecule has 0 aliphatic heterocycles. The van der Waals surface area contributed by atoms with E-state index in [1.165, 1.54) is 0 Å². The molecule has 1 aromatic heterocycles. The second-order valence-electron chi connectivity index (χ2n) is 4.00. The maximum atomic E-state index is 5.76.